The van der Waals surface area contributed by atoms with Gasteiger partial charge in [-0.05, 0) is 51.4 Å². The summed E-state index contributed by atoms with van der Waals surface area (Å²) in [6.45, 7) is 20.5. The molecule has 38 heavy (non-hydrogen) atoms. The van der Waals surface area contributed by atoms with Gasteiger partial charge < -0.3 is 40.5 Å². The predicted molar refractivity (Wildman–Crippen MR) is 156 cm³/mol. The summed E-state index contributed by atoms with van der Waals surface area (Å²) in [5.41, 5.74) is 0. The second-order valence-electron chi connectivity index (χ2n) is 9.68. The standard InChI is InChI=1S/C26H58O9Si3/c1-9-17-27-26(28-18-10-2)25-36(29-19-11-3,30-20-12-4)38(33-23-15-7,34-24-16-8)37(35-26,31-21-13-5)32-22-14-6/h9-25H2,1-8H3. The van der Waals surface area contributed by atoms with E-state index in [-0.39, 0.29) is 0 Å². The minimum absolute atomic E-state index is 0.291. The number of ether oxygens (including phenoxy) is 2. The van der Waals surface area contributed by atoms with Gasteiger partial charge in [0.2, 0.25) is 0 Å². The lowest BCUT2D eigenvalue weighted by molar-refractivity contribution is -0.350. The summed E-state index contributed by atoms with van der Waals surface area (Å²) in [5.74, 6) is -1.41. The number of rotatable bonds is 24. The molecule has 1 fully saturated rings. The van der Waals surface area contributed by atoms with Crippen LogP contribution >= 0.6 is 0 Å². The Hall–Kier alpha value is 0.291. The minimum Gasteiger partial charge on any atom is -0.393 e. The van der Waals surface area contributed by atoms with Crippen LogP contribution in [0.5, 0.6) is 0 Å². The third kappa shape index (κ3) is 9.15. The minimum atomic E-state index is -3.79. The van der Waals surface area contributed by atoms with E-state index in [1.54, 1.807) is 0 Å². The Morgan fingerprint density at radius 2 is 0.816 bits per heavy atom. The van der Waals surface area contributed by atoms with Gasteiger partial charge in [0.1, 0.15) is 0 Å². The molecule has 9 nitrogen and oxygen atoms in total. The predicted octanol–water partition coefficient (Wildman–Crippen LogP) is 6.06. The van der Waals surface area contributed by atoms with Crippen molar-refractivity contribution >= 4 is 24.0 Å². The quantitative estimate of drug-likeness (QED) is 0.0972. The molecule has 0 N–H and O–H groups in total. The first-order chi connectivity index (χ1) is 18.4. The summed E-state index contributed by atoms with van der Waals surface area (Å²) in [6, 6.07) is 0.291. The first-order valence-corrected chi connectivity index (χ1v) is 22.8. The molecule has 0 aliphatic carbocycles. The first-order valence-electron chi connectivity index (χ1n) is 15.2. The van der Waals surface area contributed by atoms with E-state index in [2.05, 4.69) is 55.4 Å². The van der Waals surface area contributed by atoms with Gasteiger partial charge in [-0.25, -0.2) is 0 Å². The normalized spacial score (nSPS) is 19.6. The summed E-state index contributed by atoms with van der Waals surface area (Å²) >= 11 is 0. The number of hydrogen-bond donors (Lipinski definition) is 0. The van der Waals surface area contributed by atoms with Crippen molar-refractivity contribution in [3.8, 4) is 0 Å². The summed E-state index contributed by atoms with van der Waals surface area (Å²) < 4.78 is 61.3. The van der Waals surface area contributed by atoms with Crippen LogP contribution in [0.3, 0.4) is 0 Å². The van der Waals surface area contributed by atoms with E-state index in [0.717, 1.165) is 51.4 Å². The second-order valence-corrected chi connectivity index (χ2v) is 25.4. The molecule has 1 aliphatic rings. The van der Waals surface area contributed by atoms with Crippen molar-refractivity contribution < 1.29 is 40.5 Å². The van der Waals surface area contributed by atoms with Crippen molar-refractivity contribution in [2.75, 3.05) is 52.9 Å². The van der Waals surface area contributed by atoms with Crippen molar-refractivity contribution in [2.45, 2.75) is 119 Å². The Bertz CT molecular complexity index is 534. The molecule has 1 rings (SSSR count). The van der Waals surface area contributed by atoms with Crippen LogP contribution < -0.4 is 0 Å². The first kappa shape index (κ1) is 36.3. The van der Waals surface area contributed by atoms with Gasteiger partial charge in [-0.1, -0.05) is 55.4 Å². The lowest BCUT2D eigenvalue weighted by Gasteiger charge is -2.56. The van der Waals surface area contributed by atoms with E-state index in [1.807, 2.05) is 0 Å². The summed E-state index contributed by atoms with van der Waals surface area (Å²) in [7, 11) is -10.8. The molecule has 0 aromatic carbocycles. The average molecular weight is 599 g/mol. The SMILES string of the molecule is CCCOC1(OCCC)C[Si](OCCC)(OCCC)[Si](OCCC)(OCCC)[Si](OCCC)(OCCC)O1. The Morgan fingerprint density at radius 1 is 0.474 bits per heavy atom. The van der Waals surface area contributed by atoms with E-state index in [4.69, 9.17) is 40.5 Å². The molecule has 12 heteroatoms. The Morgan fingerprint density at radius 3 is 1.18 bits per heavy atom. The van der Waals surface area contributed by atoms with Crippen LogP contribution in [0.1, 0.15) is 107 Å². The van der Waals surface area contributed by atoms with E-state index >= 15 is 0 Å². The smallest absolute Gasteiger partial charge is 0.393 e. The van der Waals surface area contributed by atoms with Gasteiger partial charge in [0.25, 0.3) is 5.97 Å². The maximum absolute atomic E-state index is 7.03. The molecule has 0 atom stereocenters. The molecule has 0 aromatic rings. The molecule has 0 amide bonds. The number of hydrogen-bond acceptors (Lipinski definition) is 9. The lowest BCUT2D eigenvalue weighted by atomic mass is 10.5. The van der Waals surface area contributed by atoms with E-state index in [0.29, 0.717) is 58.9 Å². The zero-order chi connectivity index (χ0) is 28.4. The highest BCUT2D eigenvalue weighted by Crippen LogP contribution is 2.49. The molecule has 0 radical (unpaired) electrons. The Balaban J connectivity index is 4.06. The highest BCUT2D eigenvalue weighted by molar-refractivity contribution is 7.59. The van der Waals surface area contributed by atoms with Crippen molar-refractivity contribution in [2.24, 2.45) is 0 Å². The summed E-state index contributed by atoms with van der Waals surface area (Å²) in [5, 5.41) is 0. The molecule has 1 saturated heterocycles. The molecular formula is C26H58O9Si3. The van der Waals surface area contributed by atoms with E-state index in [1.165, 1.54) is 0 Å². The average Bonchev–Trinajstić information content (AvgIpc) is 2.94. The fourth-order valence-corrected chi connectivity index (χ4v) is 30.5. The Labute approximate surface area is 235 Å². The van der Waals surface area contributed by atoms with Crippen LogP contribution in [0.25, 0.3) is 0 Å². The van der Waals surface area contributed by atoms with Gasteiger partial charge in [-0.15, -0.1) is 0 Å². The second kappa shape index (κ2) is 19.4. The van der Waals surface area contributed by atoms with Crippen LogP contribution in [-0.2, 0) is 40.5 Å². The van der Waals surface area contributed by atoms with Crippen molar-refractivity contribution in [3.63, 3.8) is 0 Å². The fraction of sp³-hybridized carbons (Fsp3) is 1.00. The van der Waals surface area contributed by atoms with Crippen LogP contribution in [-0.4, -0.2) is 82.8 Å². The van der Waals surface area contributed by atoms with Crippen LogP contribution in [0.15, 0.2) is 0 Å². The molecule has 0 unspecified atom stereocenters. The van der Waals surface area contributed by atoms with Crippen molar-refractivity contribution in [1.29, 1.82) is 0 Å². The zero-order valence-corrected chi connectivity index (χ0v) is 28.7. The van der Waals surface area contributed by atoms with Gasteiger partial charge in [-0.2, -0.15) is 0 Å². The monoisotopic (exact) mass is 598 g/mol. The highest BCUT2D eigenvalue weighted by atomic mass is 29.7. The zero-order valence-electron chi connectivity index (χ0n) is 25.7. The van der Waals surface area contributed by atoms with Gasteiger partial charge in [-0.3, -0.25) is 0 Å². The van der Waals surface area contributed by atoms with Crippen LogP contribution in [0.2, 0.25) is 6.04 Å². The van der Waals surface area contributed by atoms with Crippen molar-refractivity contribution in [1.82, 2.24) is 0 Å². The van der Waals surface area contributed by atoms with Gasteiger partial charge in [0.05, 0.1) is 19.3 Å². The van der Waals surface area contributed by atoms with Crippen LogP contribution in [0, 0.1) is 0 Å². The summed E-state index contributed by atoms with van der Waals surface area (Å²) in [6.07, 6.45) is 6.48. The maximum Gasteiger partial charge on any atom is 0.545 e. The fourth-order valence-electron chi connectivity index (χ4n) is 4.22. The molecule has 1 aliphatic heterocycles. The third-order valence-electron chi connectivity index (χ3n) is 5.79. The topological polar surface area (TPSA) is 83.1 Å². The molecular weight excluding hydrogens is 541 g/mol. The van der Waals surface area contributed by atoms with Crippen LogP contribution in [0.4, 0.5) is 0 Å². The molecule has 0 aromatic heterocycles. The molecule has 0 spiro atoms. The van der Waals surface area contributed by atoms with Gasteiger partial charge in [0, 0.05) is 39.6 Å². The molecule has 0 saturated carbocycles. The van der Waals surface area contributed by atoms with E-state index < -0.39 is 30.0 Å². The van der Waals surface area contributed by atoms with Crippen molar-refractivity contribution in [3.05, 3.63) is 0 Å². The maximum atomic E-state index is 7.03. The molecule has 1 heterocycles. The van der Waals surface area contributed by atoms with Gasteiger partial charge >= 0.3 is 24.0 Å². The third-order valence-corrected chi connectivity index (χ3v) is 28.7. The molecule has 228 valence electrons. The van der Waals surface area contributed by atoms with E-state index in [9.17, 15) is 0 Å². The Kier molecular flexibility index (Phi) is 18.6. The summed E-state index contributed by atoms with van der Waals surface area (Å²) in [4.78, 5) is 0. The lowest BCUT2D eigenvalue weighted by Crippen LogP contribution is -2.91. The van der Waals surface area contributed by atoms with Gasteiger partial charge in [0.15, 0.2) is 0 Å². The molecule has 0 bridgehead atoms. The largest absolute Gasteiger partial charge is 0.545 e. The highest BCUT2D eigenvalue weighted by Gasteiger charge is 2.88.